The fourth-order valence-corrected chi connectivity index (χ4v) is 2.86. The van der Waals surface area contributed by atoms with Crippen molar-refractivity contribution in [2.45, 2.75) is 32.6 Å². The molecule has 0 aromatic heterocycles. The maximum Gasteiger partial charge on any atom is 0.158 e. The lowest BCUT2D eigenvalue weighted by Crippen LogP contribution is -2.33. The zero-order valence-corrected chi connectivity index (χ0v) is 13.8. The summed E-state index contributed by atoms with van der Waals surface area (Å²) in [5.74, 6) is 0.525. The molecule has 1 fully saturated rings. The molecule has 0 bridgehead atoms. The summed E-state index contributed by atoms with van der Waals surface area (Å²) in [6, 6.07) is 8.39. The molecule has 118 valence electrons. The van der Waals surface area contributed by atoms with E-state index in [0.29, 0.717) is 5.78 Å². The van der Waals surface area contributed by atoms with E-state index in [1.807, 2.05) is 6.08 Å². The van der Waals surface area contributed by atoms with Gasteiger partial charge in [0.1, 0.15) is 0 Å². The van der Waals surface area contributed by atoms with Gasteiger partial charge in [-0.05, 0) is 63.0 Å². The minimum atomic E-state index is 0.225. The fraction of sp³-hybridized carbons (Fsp3) is 0.450. The summed E-state index contributed by atoms with van der Waals surface area (Å²) in [7, 11) is 2.12. The molecular weight excluding hydrogens is 270 g/mol. The van der Waals surface area contributed by atoms with Crippen LogP contribution < -0.4 is 0 Å². The van der Waals surface area contributed by atoms with Gasteiger partial charge in [0.2, 0.25) is 0 Å². The van der Waals surface area contributed by atoms with E-state index in [9.17, 15) is 4.79 Å². The number of allylic oxidation sites excluding steroid dienone is 3. The van der Waals surface area contributed by atoms with E-state index in [4.69, 9.17) is 0 Å². The van der Waals surface area contributed by atoms with Crippen molar-refractivity contribution in [1.82, 2.24) is 4.90 Å². The summed E-state index contributed by atoms with van der Waals surface area (Å²) in [5, 5.41) is 0. The quantitative estimate of drug-likeness (QED) is 0.736. The molecule has 0 saturated carbocycles. The summed E-state index contributed by atoms with van der Waals surface area (Å²) < 4.78 is 0. The Labute approximate surface area is 134 Å². The van der Waals surface area contributed by atoms with Gasteiger partial charge in [-0.3, -0.25) is 4.79 Å². The van der Waals surface area contributed by atoms with Crippen LogP contribution in [-0.4, -0.2) is 30.8 Å². The zero-order chi connectivity index (χ0) is 15.8. The number of hydrogen-bond donors (Lipinski definition) is 0. The number of carbonyl (C=O) groups excluding carboxylic acids is 1. The molecule has 0 radical (unpaired) electrons. The Kier molecular flexibility index (Phi) is 6.60. The van der Waals surface area contributed by atoms with Crippen LogP contribution in [0.15, 0.2) is 42.5 Å². The Balaban J connectivity index is 1.92. The Morgan fingerprint density at radius 3 is 2.68 bits per heavy atom. The first kappa shape index (κ1) is 16.7. The Morgan fingerprint density at radius 1 is 1.23 bits per heavy atom. The van der Waals surface area contributed by atoms with Crippen LogP contribution in [0.5, 0.6) is 0 Å². The fourth-order valence-electron chi connectivity index (χ4n) is 2.86. The van der Waals surface area contributed by atoms with Gasteiger partial charge >= 0.3 is 0 Å². The number of ketones is 1. The van der Waals surface area contributed by atoms with Crippen molar-refractivity contribution in [3.8, 4) is 0 Å². The molecule has 0 atom stereocenters. The number of benzene rings is 1. The molecule has 1 aliphatic heterocycles. The molecule has 2 rings (SSSR count). The molecule has 1 aliphatic rings. The summed E-state index contributed by atoms with van der Waals surface area (Å²) in [4.78, 5) is 14.5. The molecule has 0 amide bonds. The van der Waals surface area contributed by atoms with Crippen LogP contribution in [0.2, 0.25) is 0 Å². The van der Waals surface area contributed by atoms with E-state index in [1.54, 1.807) is 6.08 Å². The van der Waals surface area contributed by atoms with E-state index in [0.717, 1.165) is 38.8 Å². The van der Waals surface area contributed by atoms with E-state index in [-0.39, 0.29) is 5.92 Å². The van der Waals surface area contributed by atoms with E-state index >= 15 is 0 Å². The van der Waals surface area contributed by atoms with Crippen molar-refractivity contribution in [2.75, 3.05) is 20.1 Å². The second kappa shape index (κ2) is 8.70. The summed E-state index contributed by atoms with van der Waals surface area (Å²) in [5.41, 5.74) is 2.53. The molecule has 22 heavy (non-hydrogen) atoms. The van der Waals surface area contributed by atoms with Gasteiger partial charge in [0, 0.05) is 5.92 Å². The predicted octanol–water partition coefficient (Wildman–Crippen LogP) is 4.12. The lowest BCUT2D eigenvalue weighted by atomic mass is 9.92. The summed E-state index contributed by atoms with van der Waals surface area (Å²) in [6.45, 7) is 4.21. The molecule has 1 heterocycles. The van der Waals surface area contributed by atoms with Gasteiger partial charge in [-0.2, -0.15) is 0 Å². The maximum absolute atomic E-state index is 12.2. The SMILES string of the molecule is CC/C=C/c1ccccc1C/C=C\C(=O)C1CCN(C)CC1. The number of piperidine rings is 1. The van der Waals surface area contributed by atoms with E-state index in [2.05, 4.69) is 55.3 Å². The third-order valence-corrected chi connectivity index (χ3v) is 4.33. The van der Waals surface area contributed by atoms with Crippen molar-refractivity contribution in [1.29, 1.82) is 0 Å². The molecule has 0 N–H and O–H groups in total. The lowest BCUT2D eigenvalue weighted by Gasteiger charge is -2.27. The minimum absolute atomic E-state index is 0.225. The molecular formula is C20H27NO. The first-order chi connectivity index (χ1) is 10.7. The topological polar surface area (TPSA) is 20.3 Å². The van der Waals surface area contributed by atoms with Gasteiger partial charge in [-0.25, -0.2) is 0 Å². The largest absolute Gasteiger partial charge is 0.306 e. The smallest absolute Gasteiger partial charge is 0.158 e. The first-order valence-electron chi connectivity index (χ1n) is 8.34. The van der Waals surface area contributed by atoms with Crippen molar-refractivity contribution in [3.05, 3.63) is 53.6 Å². The molecule has 1 aromatic rings. The third-order valence-electron chi connectivity index (χ3n) is 4.33. The number of rotatable bonds is 6. The summed E-state index contributed by atoms with van der Waals surface area (Å²) in [6.07, 6.45) is 12.0. The number of likely N-dealkylation sites (tertiary alicyclic amines) is 1. The van der Waals surface area contributed by atoms with Crippen LogP contribution in [0.3, 0.4) is 0 Å². The van der Waals surface area contributed by atoms with Crippen LogP contribution >= 0.6 is 0 Å². The normalized spacial score (nSPS) is 17.5. The maximum atomic E-state index is 12.2. The zero-order valence-electron chi connectivity index (χ0n) is 13.8. The van der Waals surface area contributed by atoms with Crippen molar-refractivity contribution >= 4 is 11.9 Å². The molecule has 1 aromatic carbocycles. The Hall–Kier alpha value is -1.67. The molecule has 2 nitrogen and oxygen atoms in total. The molecule has 2 heteroatoms. The number of hydrogen-bond acceptors (Lipinski definition) is 2. The molecule has 0 aliphatic carbocycles. The van der Waals surface area contributed by atoms with E-state index < -0.39 is 0 Å². The highest BCUT2D eigenvalue weighted by Gasteiger charge is 2.21. The van der Waals surface area contributed by atoms with Crippen LogP contribution in [0.4, 0.5) is 0 Å². The highest BCUT2D eigenvalue weighted by Crippen LogP contribution is 2.18. The monoisotopic (exact) mass is 297 g/mol. The summed E-state index contributed by atoms with van der Waals surface area (Å²) >= 11 is 0. The number of carbonyl (C=O) groups is 1. The first-order valence-corrected chi connectivity index (χ1v) is 8.34. The second-order valence-electron chi connectivity index (χ2n) is 6.10. The van der Waals surface area contributed by atoms with E-state index in [1.165, 1.54) is 11.1 Å². The Bertz CT molecular complexity index is 536. The highest BCUT2D eigenvalue weighted by molar-refractivity contribution is 5.91. The van der Waals surface area contributed by atoms with Crippen LogP contribution in [0.25, 0.3) is 6.08 Å². The molecule has 1 saturated heterocycles. The number of nitrogens with zero attached hydrogens (tertiary/aromatic N) is 1. The highest BCUT2D eigenvalue weighted by atomic mass is 16.1. The van der Waals surface area contributed by atoms with Crippen LogP contribution in [0, 0.1) is 5.92 Å². The average Bonchev–Trinajstić information content (AvgIpc) is 2.54. The van der Waals surface area contributed by atoms with Crippen LogP contribution in [0.1, 0.15) is 37.3 Å². The van der Waals surface area contributed by atoms with Crippen molar-refractivity contribution in [2.24, 2.45) is 5.92 Å². The second-order valence-corrected chi connectivity index (χ2v) is 6.10. The Morgan fingerprint density at radius 2 is 1.95 bits per heavy atom. The van der Waals surface area contributed by atoms with Gasteiger partial charge in [0.25, 0.3) is 0 Å². The standard InChI is InChI=1S/C20H27NO/c1-3-4-8-17-9-5-6-10-18(17)11-7-12-20(22)19-13-15-21(2)16-14-19/h4-10,12,19H,3,11,13-16H2,1-2H3/b8-4+,12-7-. The van der Waals surface area contributed by atoms with Gasteiger partial charge in [-0.1, -0.05) is 49.4 Å². The van der Waals surface area contributed by atoms with Gasteiger partial charge in [0.15, 0.2) is 5.78 Å². The van der Waals surface area contributed by atoms with Crippen molar-refractivity contribution in [3.63, 3.8) is 0 Å². The third kappa shape index (κ3) is 4.96. The minimum Gasteiger partial charge on any atom is -0.306 e. The predicted molar refractivity (Wildman–Crippen MR) is 93.8 cm³/mol. The van der Waals surface area contributed by atoms with Gasteiger partial charge in [0.05, 0.1) is 0 Å². The van der Waals surface area contributed by atoms with Crippen LogP contribution in [-0.2, 0) is 11.2 Å². The lowest BCUT2D eigenvalue weighted by molar-refractivity contribution is -0.119. The van der Waals surface area contributed by atoms with Gasteiger partial charge < -0.3 is 4.90 Å². The molecule has 0 spiro atoms. The average molecular weight is 297 g/mol. The van der Waals surface area contributed by atoms with Gasteiger partial charge in [-0.15, -0.1) is 0 Å². The van der Waals surface area contributed by atoms with Crippen molar-refractivity contribution < 1.29 is 4.79 Å². The molecule has 0 unspecified atom stereocenters.